The number of benzene rings is 1. The van der Waals surface area contributed by atoms with Crippen molar-refractivity contribution in [2.45, 2.75) is 38.7 Å². The van der Waals surface area contributed by atoms with Crippen LogP contribution >= 0.6 is 0 Å². The zero-order valence-corrected chi connectivity index (χ0v) is 12.1. The number of methoxy groups -OCH3 is 1. The van der Waals surface area contributed by atoms with Gasteiger partial charge >= 0.3 is 0 Å². The van der Waals surface area contributed by atoms with E-state index in [2.05, 4.69) is 12.1 Å². The van der Waals surface area contributed by atoms with Crippen LogP contribution in [0.3, 0.4) is 0 Å². The minimum atomic E-state index is -0.416. The molecule has 0 saturated carbocycles. The molecule has 4 heteroatoms. The Hall–Kier alpha value is -1.55. The topological polar surface area (TPSA) is 38.8 Å². The molecule has 1 atom stereocenters. The van der Waals surface area contributed by atoms with Crippen molar-refractivity contribution in [2.75, 3.05) is 25.2 Å². The number of nitrogens with zero attached hydrogens (tertiary/aromatic N) is 1. The summed E-state index contributed by atoms with van der Waals surface area (Å²) in [6, 6.07) is 4.27. The fraction of sp³-hybridized carbons (Fsp3) is 0.562. The fourth-order valence-corrected chi connectivity index (χ4v) is 3.05. The lowest BCUT2D eigenvalue weighted by atomic mass is 9.90. The maximum atomic E-state index is 12.3. The summed E-state index contributed by atoms with van der Waals surface area (Å²) in [7, 11) is 1.65. The molecule has 1 aromatic rings. The van der Waals surface area contributed by atoms with E-state index in [0.717, 1.165) is 24.3 Å². The van der Waals surface area contributed by atoms with Crippen molar-refractivity contribution in [3.63, 3.8) is 0 Å². The third-order valence-electron chi connectivity index (χ3n) is 4.15. The van der Waals surface area contributed by atoms with Gasteiger partial charge in [-0.3, -0.25) is 4.79 Å². The molecule has 1 aliphatic carbocycles. The van der Waals surface area contributed by atoms with Gasteiger partial charge in [-0.15, -0.1) is 0 Å². The number of carbonyl (C=O) groups excluding carboxylic acids is 1. The number of rotatable bonds is 3. The number of aryl methyl sites for hydroxylation is 2. The molecule has 4 nitrogen and oxygen atoms in total. The Balaban J connectivity index is 2.00. The third kappa shape index (κ3) is 2.29. The van der Waals surface area contributed by atoms with Gasteiger partial charge in [-0.05, 0) is 55.9 Å². The number of hydrogen-bond acceptors (Lipinski definition) is 3. The largest absolute Gasteiger partial charge is 0.479 e. The number of hydrogen-bond donors (Lipinski definition) is 0. The van der Waals surface area contributed by atoms with Gasteiger partial charge in [-0.25, -0.2) is 0 Å². The lowest BCUT2D eigenvalue weighted by molar-refractivity contribution is -0.125. The van der Waals surface area contributed by atoms with Crippen LogP contribution in [0.5, 0.6) is 5.75 Å². The van der Waals surface area contributed by atoms with E-state index in [9.17, 15) is 4.79 Å². The average Bonchev–Trinajstić information content (AvgIpc) is 2.46. The van der Waals surface area contributed by atoms with E-state index >= 15 is 0 Å². The van der Waals surface area contributed by atoms with E-state index in [1.165, 1.54) is 24.0 Å². The summed E-state index contributed by atoms with van der Waals surface area (Å²) in [5.74, 6) is 0.860. The fourth-order valence-electron chi connectivity index (χ4n) is 3.05. The predicted octanol–water partition coefficient (Wildman–Crippen LogP) is 2.33. The van der Waals surface area contributed by atoms with Crippen molar-refractivity contribution in [1.82, 2.24) is 0 Å². The molecular weight excluding hydrogens is 254 g/mol. The first kappa shape index (κ1) is 13.4. The van der Waals surface area contributed by atoms with E-state index < -0.39 is 6.10 Å². The van der Waals surface area contributed by atoms with Crippen molar-refractivity contribution >= 4 is 11.6 Å². The SMILES string of the molecule is COCCN1C(=O)C(C)Oc2cc3c(cc21)CCCC3. The van der Waals surface area contributed by atoms with Crippen LogP contribution in [0.2, 0.25) is 0 Å². The summed E-state index contributed by atoms with van der Waals surface area (Å²) in [5, 5.41) is 0. The molecule has 0 N–H and O–H groups in total. The second-order valence-electron chi connectivity index (χ2n) is 5.54. The second-order valence-corrected chi connectivity index (χ2v) is 5.54. The molecular formula is C16H21NO3. The van der Waals surface area contributed by atoms with Crippen LogP contribution in [0, 0.1) is 0 Å². The quantitative estimate of drug-likeness (QED) is 0.850. The summed E-state index contributed by atoms with van der Waals surface area (Å²) in [4.78, 5) is 14.1. The van der Waals surface area contributed by atoms with Gasteiger partial charge in [0.1, 0.15) is 5.75 Å². The van der Waals surface area contributed by atoms with Crippen LogP contribution in [0.15, 0.2) is 12.1 Å². The molecule has 0 fully saturated rings. The van der Waals surface area contributed by atoms with Crippen molar-refractivity contribution in [1.29, 1.82) is 0 Å². The van der Waals surface area contributed by atoms with Crippen LogP contribution in [-0.4, -0.2) is 32.3 Å². The van der Waals surface area contributed by atoms with Gasteiger partial charge in [0.2, 0.25) is 0 Å². The monoisotopic (exact) mass is 275 g/mol. The van der Waals surface area contributed by atoms with Crippen LogP contribution in [-0.2, 0) is 22.4 Å². The highest BCUT2D eigenvalue weighted by Gasteiger charge is 2.32. The van der Waals surface area contributed by atoms with Crippen LogP contribution < -0.4 is 9.64 Å². The van der Waals surface area contributed by atoms with Gasteiger partial charge in [-0.2, -0.15) is 0 Å². The van der Waals surface area contributed by atoms with Crippen molar-refractivity contribution in [3.8, 4) is 5.75 Å². The maximum absolute atomic E-state index is 12.3. The van der Waals surface area contributed by atoms with Gasteiger partial charge in [0.25, 0.3) is 5.91 Å². The highest BCUT2D eigenvalue weighted by Crippen LogP contribution is 2.38. The van der Waals surface area contributed by atoms with E-state index in [-0.39, 0.29) is 5.91 Å². The summed E-state index contributed by atoms with van der Waals surface area (Å²) in [6.07, 6.45) is 4.28. The van der Waals surface area contributed by atoms with Crippen molar-refractivity contribution in [3.05, 3.63) is 23.3 Å². The number of amides is 1. The smallest absolute Gasteiger partial charge is 0.267 e. The lowest BCUT2D eigenvalue weighted by Crippen LogP contribution is -2.46. The molecule has 20 heavy (non-hydrogen) atoms. The number of ether oxygens (including phenoxy) is 2. The van der Waals surface area contributed by atoms with Crippen LogP contribution in [0.1, 0.15) is 30.9 Å². The Morgan fingerprint density at radius 1 is 1.30 bits per heavy atom. The standard InChI is InChI=1S/C16H21NO3/c1-11-16(18)17(7-8-19-2)14-9-12-5-3-4-6-13(12)10-15(14)20-11/h9-11H,3-8H2,1-2H3. The third-order valence-corrected chi connectivity index (χ3v) is 4.15. The molecule has 0 aromatic heterocycles. The molecule has 0 spiro atoms. The van der Waals surface area contributed by atoms with Gasteiger partial charge in [-0.1, -0.05) is 0 Å². The first-order valence-corrected chi connectivity index (χ1v) is 7.33. The zero-order chi connectivity index (χ0) is 14.1. The Kier molecular flexibility index (Phi) is 3.66. The van der Waals surface area contributed by atoms with E-state index in [4.69, 9.17) is 9.47 Å². The predicted molar refractivity (Wildman–Crippen MR) is 77.4 cm³/mol. The maximum Gasteiger partial charge on any atom is 0.267 e. The Labute approximate surface area is 119 Å². The van der Waals surface area contributed by atoms with Crippen molar-refractivity contribution in [2.24, 2.45) is 0 Å². The highest BCUT2D eigenvalue weighted by atomic mass is 16.5. The normalized spacial score (nSPS) is 21.2. The van der Waals surface area contributed by atoms with Gasteiger partial charge in [0, 0.05) is 13.7 Å². The van der Waals surface area contributed by atoms with E-state index in [1.807, 2.05) is 11.8 Å². The van der Waals surface area contributed by atoms with E-state index in [0.29, 0.717) is 13.2 Å². The molecule has 0 saturated heterocycles. The van der Waals surface area contributed by atoms with Crippen LogP contribution in [0.4, 0.5) is 5.69 Å². The molecule has 1 aliphatic heterocycles. The summed E-state index contributed by atoms with van der Waals surface area (Å²) < 4.78 is 10.9. The Bertz CT molecular complexity index is 527. The van der Waals surface area contributed by atoms with E-state index in [1.54, 1.807) is 7.11 Å². The Morgan fingerprint density at radius 2 is 2.00 bits per heavy atom. The number of anilines is 1. The molecule has 3 rings (SSSR count). The molecule has 1 amide bonds. The molecule has 1 unspecified atom stereocenters. The molecule has 0 radical (unpaired) electrons. The van der Waals surface area contributed by atoms with Crippen LogP contribution in [0.25, 0.3) is 0 Å². The number of carbonyl (C=O) groups is 1. The first-order valence-electron chi connectivity index (χ1n) is 7.33. The van der Waals surface area contributed by atoms with Crippen molar-refractivity contribution < 1.29 is 14.3 Å². The molecule has 108 valence electrons. The number of fused-ring (bicyclic) bond motifs is 2. The summed E-state index contributed by atoms with van der Waals surface area (Å²) in [6.45, 7) is 2.92. The average molecular weight is 275 g/mol. The first-order chi connectivity index (χ1) is 9.70. The van der Waals surface area contributed by atoms with Gasteiger partial charge in [0.05, 0.1) is 12.3 Å². The molecule has 1 heterocycles. The van der Waals surface area contributed by atoms with Gasteiger partial charge < -0.3 is 14.4 Å². The zero-order valence-electron chi connectivity index (χ0n) is 12.1. The second kappa shape index (κ2) is 5.44. The van der Waals surface area contributed by atoms with Gasteiger partial charge in [0.15, 0.2) is 6.10 Å². The molecule has 0 bridgehead atoms. The summed E-state index contributed by atoms with van der Waals surface area (Å²) >= 11 is 0. The lowest BCUT2D eigenvalue weighted by Gasteiger charge is -2.34. The molecule has 2 aliphatic rings. The molecule has 1 aromatic carbocycles. The Morgan fingerprint density at radius 3 is 2.70 bits per heavy atom. The summed E-state index contributed by atoms with van der Waals surface area (Å²) in [5.41, 5.74) is 3.65. The minimum absolute atomic E-state index is 0.0188. The minimum Gasteiger partial charge on any atom is -0.479 e. The highest BCUT2D eigenvalue weighted by molar-refractivity contribution is 6.00.